The van der Waals surface area contributed by atoms with E-state index < -0.39 is 6.03 Å². The van der Waals surface area contributed by atoms with Crippen LogP contribution in [-0.2, 0) is 6.54 Å². The number of methoxy groups -OCH3 is 1. The molecule has 0 aliphatic rings. The van der Waals surface area contributed by atoms with Gasteiger partial charge in [-0.25, -0.2) is 9.36 Å². The number of primary amides is 1. The van der Waals surface area contributed by atoms with Gasteiger partial charge in [-0.3, -0.25) is 0 Å². The molecule has 0 fully saturated rings. The predicted octanol–water partition coefficient (Wildman–Crippen LogP) is -0.827. The van der Waals surface area contributed by atoms with Gasteiger partial charge in [0.1, 0.15) is 12.3 Å². The third-order valence-corrected chi connectivity index (χ3v) is 3.26. The summed E-state index contributed by atoms with van der Waals surface area (Å²) in [4.78, 5) is 11.3. The summed E-state index contributed by atoms with van der Waals surface area (Å²) in [6, 6.07) is 10.8. The van der Waals surface area contributed by atoms with Crippen molar-refractivity contribution in [2.45, 2.75) is 13.5 Å². The number of urea groups is 1. The molecule has 1 aromatic carbocycles. The molecule has 23 heavy (non-hydrogen) atoms. The highest BCUT2D eigenvalue weighted by atomic mass is 79.9. The zero-order valence-corrected chi connectivity index (χ0v) is 14.7. The second kappa shape index (κ2) is 8.95. The molecule has 0 unspecified atom stereocenters. The number of carbonyl (C=O) groups excluding carboxylic acids is 1. The summed E-state index contributed by atoms with van der Waals surface area (Å²) in [5.41, 5.74) is 7.64. The fourth-order valence-corrected chi connectivity index (χ4v) is 2.11. The lowest BCUT2D eigenvalue weighted by atomic mass is 10.1. The molecular formula is C17H20BrN3O2. The maximum atomic E-state index is 11.3. The normalized spacial score (nSPS) is 10.6. The first kappa shape index (κ1) is 18.7. The number of ether oxygens (including phenoxy) is 1. The number of aryl methyl sites for hydroxylation is 1. The fourth-order valence-electron chi connectivity index (χ4n) is 2.11. The van der Waals surface area contributed by atoms with Crippen LogP contribution in [0.15, 0.2) is 48.8 Å². The Bertz CT molecular complexity index is 684. The monoisotopic (exact) mass is 377 g/mol. The van der Waals surface area contributed by atoms with Crippen molar-refractivity contribution >= 4 is 17.8 Å². The van der Waals surface area contributed by atoms with Crippen LogP contribution in [0.2, 0.25) is 0 Å². The van der Waals surface area contributed by atoms with Gasteiger partial charge in [0.15, 0.2) is 12.4 Å². The summed E-state index contributed by atoms with van der Waals surface area (Å²) >= 11 is 0. The lowest BCUT2D eigenvalue weighted by Gasteiger charge is -2.10. The van der Waals surface area contributed by atoms with Crippen LogP contribution in [0.1, 0.15) is 18.1 Å². The largest absolute Gasteiger partial charge is 1.00 e. The quantitative estimate of drug-likeness (QED) is 0.668. The van der Waals surface area contributed by atoms with Gasteiger partial charge in [0.25, 0.3) is 0 Å². The molecule has 1 heterocycles. The van der Waals surface area contributed by atoms with E-state index in [0.717, 1.165) is 23.4 Å². The molecule has 0 bridgehead atoms. The van der Waals surface area contributed by atoms with E-state index in [-0.39, 0.29) is 17.0 Å². The van der Waals surface area contributed by atoms with Crippen LogP contribution in [-0.4, -0.2) is 13.1 Å². The molecule has 1 aromatic heterocycles. The molecule has 6 heteroatoms. The van der Waals surface area contributed by atoms with E-state index in [9.17, 15) is 4.79 Å². The second-order valence-corrected chi connectivity index (χ2v) is 4.71. The molecule has 0 aliphatic heterocycles. The fraction of sp³-hybridized carbons (Fsp3) is 0.176. The number of amides is 2. The summed E-state index contributed by atoms with van der Waals surface area (Å²) in [5.74, 6) is 0.728. The number of aromatic nitrogens is 1. The van der Waals surface area contributed by atoms with Gasteiger partial charge >= 0.3 is 6.03 Å². The SMILES string of the molecule is CC[n+]1ccc(/C(=C/c2ccccc2OC)NC(N)=O)cc1.[Br-]. The third kappa shape index (κ3) is 5.10. The van der Waals surface area contributed by atoms with E-state index in [4.69, 9.17) is 10.5 Å². The van der Waals surface area contributed by atoms with Crippen LogP contribution >= 0.6 is 0 Å². The number of nitrogens with one attached hydrogen (secondary N) is 1. The van der Waals surface area contributed by atoms with Gasteiger partial charge in [0, 0.05) is 23.3 Å². The van der Waals surface area contributed by atoms with Crippen LogP contribution in [0.5, 0.6) is 5.75 Å². The summed E-state index contributed by atoms with van der Waals surface area (Å²) in [7, 11) is 1.61. The smallest absolute Gasteiger partial charge is 0.316 e. The molecule has 3 N–H and O–H groups in total. The number of hydrogen-bond acceptors (Lipinski definition) is 2. The average Bonchev–Trinajstić information content (AvgIpc) is 2.54. The number of benzene rings is 1. The Morgan fingerprint density at radius 1 is 1.26 bits per heavy atom. The molecule has 2 amide bonds. The minimum Gasteiger partial charge on any atom is -1.00 e. The number of para-hydroxylation sites is 1. The standard InChI is InChI=1S/C17H19N3O2.BrH/c1-3-20-10-8-13(9-11-20)15(19-17(18)21)12-14-6-4-5-7-16(14)22-2;/h4-12H,3H2,1-2H3,(H2-,18,19,21);1H/b15-12-;. The average molecular weight is 378 g/mol. The maximum Gasteiger partial charge on any atom is 0.316 e. The zero-order chi connectivity index (χ0) is 15.9. The number of nitrogens with two attached hydrogens (primary N) is 1. The number of rotatable bonds is 5. The highest BCUT2D eigenvalue weighted by Gasteiger charge is 2.08. The predicted molar refractivity (Wildman–Crippen MR) is 85.9 cm³/mol. The van der Waals surface area contributed by atoms with Crippen molar-refractivity contribution in [1.82, 2.24) is 5.32 Å². The molecule has 2 rings (SSSR count). The van der Waals surface area contributed by atoms with Gasteiger partial charge < -0.3 is 32.8 Å². The minimum absolute atomic E-state index is 0. The van der Waals surface area contributed by atoms with E-state index in [0.29, 0.717) is 5.70 Å². The molecule has 0 saturated heterocycles. The van der Waals surface area contributed by atoms with Gasteiger partial charge in [-0.15, -0.1) is 0 Å². The third-order valence-electron chi connectivity index (χ3n) is 3.26. The molecule has 2 aromatic rings. The number of hydrogen-bond donors (Lipinski definition) is 2. The first-order chi connectivity index (χ1) is 10.6. The molecule has 0 aliphatic carbocycles. The Hall–Kier alpha value is -2.34. The molecule has 0 spiro atoms. The van der Waals surface area contributed by atoms with Gasteiger partial charge in [-0.05, 0) is 19.1 Å². The summed E-state index contributed by atoms with van der Waals surface area (Å²) in [6.07, 6.45) is 5.75. The summed E-state index contributed by atoms with van der Waals surface area (Å²) in [6.45, 7) is 2.95. The van der Waals surface area contributed by atoms with Crippen molar-refractivity contribution < 1.29 is 31.1 Å². The molecule has 0 radical (unpaired) electrons. The van der Waals surface area contributed by atoms with Crippen molar-refractivity contribution in [3.8, 4) is 5.75 Å². The molecular weight excluding hydrogens is 358 g/mol. The highest BCUT2D eigenvalue weighted by Crippen LogP contribution is 2.22. The van der Waals surface area contributed by atoms with Crippen LogP contribution in [0.3, 0.4) is 0 Å². The number of pyridine rings is 1. The van der Waals surface area contributed by atoms with Gasteiger partial charge in [-0.1, -0.05) is 18.2 Å². The Morgan fingerprint density at radius 3 is 2.48 bits per heavy atom. The van der Waals surface area contributed by atoms with Crippen molar-refractivity contribution in [2.24, 2.45) is 5.73 Å². The van der Waals surface area contributed by atoms with E-state index in [2.05, 4.69) is 12.2 Å². The van der Waals surface area contributed by atoms with Crippen molar-refractivity contribution in [3.05, 3.63) is 59.9 Å². The Labute approximate surface area is 146 Å². The van der Waals surface area contributed by atoms with E-state index in [1.54, 1.807) is 7.11 Å². The lowest BCUT2D eigenvalue weighted by molar-refractivity contribution is -0.693. The Kier molecular flexibility index (Phi) is 7.28. The molecule has 5 nitrogen and oxygen atoms in total. The number of nitrogens with zero attached hydrogens (tertiary/aromatic N) is 1. The van der Waals surface area contributed by atoms with Crippen LogP contribution in [0.4, 0.5) is 4.79 Å². The van der Waals surface area contributed by atoms with Gasteiger partial charge in [0.2, 0.25) is 0 Å². The van der Waals surface area contributed by atoms with Crippen LogP contribution in [0.25, 0.3) is 11.8 Å². The molecule has 0 atom stereocenters. The van der Waals surface area contributed by atoms with E-state index >= 15 is 0 Å². The number of halogens is 1. The van der Waals surface area contributed by atoms with Crippen LogP contribution in [0, 0.1) is 0 Å². The highest BCUT2D eigenvalue weighted by molar-refractivity contribution is 5.91. The first-order valence-corrected chi connectivity index (χ1v) is 7.04. The maximum absolute atomic E-state index is 11.3. The molecule has 0 saturated carbocycles. The Morgan fingerprint density at radius 2 is 1.91 bits per heavy atom. The first-order valence-electron chi connectivity index (χ1n) is 7.04. The second-order valence-electron chi connectivity index (χ2n) is 4.71. The lowest BCUT2D eigenvalue weighted by Crippen LogP contribution is -3.00. The topological polar surface area (TPSA) is 68.2 Å². The zero-order valence-electron chi connectivity index (χ0n) is 13.1. The van der Waals surface area contributed by atoms with E-state index in [1.165, 1.54) is 0 Å². The van der Waals surface area contributed by atoms with Crippen molar-refractivity contribution in [1.29, 1.82) is 0 Å². The minimum atomic E-state index is -0.603. The van der Waals surface area contributed by atoms with Gasteiger partial charge in [0.05, 0.1) is 12.8 Å². The van der Waals surface area contributed by atoms with Crippen molar-refractivity contribution in [2.75, 3.05) is 7.11 Å². The van der Waals surface area contributed by atoms with E-state index in [1.807, 2.05) is 59.4 Å². The number of carbonyl (C=O) groups is 1. The summed E-state index contributed by atoms with van der Waals surface area (Å²) < 4.78 is 7.37. The molecule has 122 valence electrons. The van der Waals surface area contributed by atoms with Crippen molar-refractivity contribution in [3.63, 3.8) is 0 Å². The van der Waals surface area contributed by atoms with Crippen LogP contribution < -0.4 is 37.3 Å². The summed E-state index contributed by atoms with van der Waals surface area (Å²) in [5, 5.41) is 2.67. The Balaban J connectivity index is 0.00000264. The van der Waals surface area contributed by atoms with Gasteiger partial charge in [-0.2, -0.15) is 0 Å².